The van der Waals surface area contributed by atoms with Crippen LogP contribution in [0.5, 0.6) is 0 Å². The molecular formula is C13H19NO5. The zero-order chi connectivity index (χ0) is 14.9. The molecule has 0 aliphatic rings. The standard InChI is InChI=1S/C13H19NO5/c1-3-10-19-11(18)13(14,6-9-17)12(2,4-7-15)5-8-16/h3,7-9H,1,4-6,10,14H2,2H3. The first-order chi connectivity index (χ1) is 8.91. The van der Waals surface area contributed by atoms with Crippen molar-refractivity contribution in [2.24, 2.45) is 11.1 Å². The van der Waals surface area contributed by atoms with Crippen LogP contribution in [0.25, 0.3) is 0 Å². The van der Waals surface area contributed by atoms with Crippen LogP contribution in [-0.4, -0.2) is 37.0 Å². The Kier molecular flexibility index (Phi) is 6.85. The second-order valence-corrected chi connectivity index (χ2v) is 4.53. The van der Waals surface area contributed by atoms with Gasteiger partial charge in [-0.2, -0.15) is 0 Å². The highest BCUT2D eigenvalue weighted by molar-refractivity contribution is 5.86. The molecule has 0 aromatic heterocycles. The van der Waals surface area contributed by atoms with E-state index in [0.29, 0.717) is 18.9 Å². The van der Waals surface area contributed by atoms with E-state index in [2.05, 4.69) is 6.58 Å². The molecular weight excluding hydrogens is 250 g/mol. The molecule has 0 amide bonds. The lowest BCUT2D eigenvalue weighted by molar-refractivity contribution is -0.156. The summed E-state index contributed by atoms with van der Waals surface area (Å²) in [6.45, 7) is 4.84. The summed E-state index contributed by atoms with van der Waals surface area (Å²) < 4.78 is 4.87. The number of carbonyl (C=O) groups excluding carboxylic acids is 4. The minimum atomic E-state index is -1.72. The molecule has 106 valence electrons. The smallest absolute Gasteiger partial charge is 0.327 e. The number of carbonyl (C=O) groups is 4. The Morgan fingerprint density at radius 2 is 1.63 bits per heavy atom. The quantitative estimate of drug-likeness (QED) is 0.345. The van der Waals surface area contributed by atoms with Crippen LogP contribution in [0.4, 0.5) is 0 Å². The molecule has 1 atom stereocenters. The maximum absolute atomic E-state index is 12.0. The van der Waals surface area contributed by atoms with Gasteiger partial charge in [0.15, 0.2) is 0 Å². The van der Waals surface area contributed by atoms with E-state index in [1.807, 2.05) is 0 Å². The number of hydrogen-bond acceptors (Lipinski definition) is 6. The minimum Gasteiger partial charge on any atom is -0.460 e. The lowest BCUT2D eigenvalue weighted by Gasteiger charge is -2.41. The number of aldehydes is 3. The average Bonchev–Trinajstić information content (AvgIpc) is 2.36. The molecule has 0 rings (SSSR count). The lowest BCUT2D eigenvalue weighted by atomic mass is 9.66. The van der Waals surface area contributed by atoms with Gasteiger partial charge in [0.05, 0.1) is 0 Å². The first-order valence-corrected chi connectivity index (χ1v) is 5.79. The molecule has 0 fully saturated rings. The van der Waals surface area contributed by atoms with Crippen LogP contribution in [0.2, 0.25) is 0 Å². The predicted molar refractivity (Wildman–Crippen MR) is 68.2 cm³/mol. The normalized spacial score (nSPS) is 14.0. The number of rotatable bonds is 10. The van der Waals surface area contributed by atoms with E-state index in [-0.39, 0.29) is 25.9 Å². The molecule has 0 spiro atoms. The largest absolute Gasteiger partial charge is 0.460 e. The van der Waals surface area contributed by atoms with Gasteiger partial charge in [-0.1, -0.05) is 19.6 Å². The maximum Gasteiger partial charge on any atom is 0.327 e. The number of nitrogens with two attached hydrogens (primary N) is 1. The monoisotopic (exact) mass is 269 g/mol. The average molecular weight is 269 g/mol. The summed E-state index contributed by atoms with van der Waals surface area (Å²) in [5.74, 6) is -0.828. The highest BCUT2D eigenvalue weighted by Crippen LogP contribution is 2.38. The Bertz CT molecular complexity index is 356. The fourth-order valence-electron chi connectivity index (χ4n) is 1.79. The van der Waals surface area contributed by atoms with E-state index in [1.165, 1.54) is 13.0 Å². The van der Waals surface area contributed by atoms with Crippen LogP contribution >= 0.6 is 0 Å². The van der Waals surface area contributed by atoms with Crippen LogP contribution in [0.15, 0.2) is 12.7 Å². The van der Waals surface area contributed by atoms with E-state index >= 15 is 0 Å². The van der Waals surface area contributed by atoms with Gasteiger partial charge in [-0.05, 0) is 0 Å². The van der Waals surface area contributed by atoms with Gasteiger partial charge in [-0.3, -0.25) is 4.79 Å². The zero-order valence-electron chi connectivity index (χ0n) is 11.0. The van der Waals surface area contributed by atoms with Gasteiger partial charge in [0.1, 0.15) is 31.0 Å². The van der Waals surface area contributed by atoms with Crippen LogP contribution in [0.3, 0.4) is 0 Å². The first-order valence-electron chi connectivity index (χ1n) is 5.79. The molecule has 1 unspecified atom stereocenters. The second kappa shape index (κ2) is 7.58. The fourth-order valence-corrected chi connectivity index (χ4v) is 1.79. The SMILES string of the molecule is C=CCOC(=O)C(N)(CC=O)C(C)(CC=O)CC=O. The molecule has 6 heteroatoms. The second-order valence-electron chi connectivity index (χ2n) is 4.53. The fraction of sp³-hybridized carbons (Fsp3) is 0.538. The third-order valence-corrected chi connectivity index (χ3v) is 3.25. The summed E-state index contributed by atoms with van der Waals surface area (Å²) in [5, 5.41) is 0. The Balaban J connectivity index is 5.46. The Hall–Kier alpha value is -1.82. The summed E-state index contributed by atoms with van der Waals surface area (Å²) in [5.41, 5.74) is 3.09. The van der Waals surface area contributed by atoms with Crippen molar-refractivity contribution in [1.29, 1.82) is 0 Å². The van der Waals surface area contributed by atoms with Crippen molar-refractivity contribution >= 4 is 24.8 Å². The summed E-state index contributed by atoms with van der Waals surface area (Å²) in [6.07, 6.45) is 2.38. The number of esters is 1. The minimum absolute atomic E-state index is 0.0606. The van der Waals surface area contributed by atoms with E-state index in [0.717, 1.165) is 0 Å². The molecule has 0 aliphatic carbocycles. The number of hydrogen-bond donors (Lipinski definition) is 1. The molecule has 0 aromatic rings. The van der Waals surface area contributed by atoms with E-state index < -0.39 is 16.9 Å². The third kappa shape index (κ3) is 3.82. The topological polar surface area (TPSA) is 104 Å². The molecule has 0 bridgehead atoms. The molecule has 0 heterocycles. The van der Waals surface area contributed by atoms with Crippen LogP contribution in [-0.2, 0) is 23.9 Å². The molecule has 0 saturated heterocycles. The number of ether oxygens (including phenoxy) is 1. The Morgan fingerprint density at radius 1 is 1.16 bits per heavy atom. The van der Waals surface area contributed by atoms with Crippen molar-refractivity contribution in [3.05, 3.63) is 12.7 Å². The highest BCUT2D eigenvalue weighted by Gasteiger charge is 2.51. The summed E-state index contributed by atoms with van der Waals surface area (Å²) >= 11 is 0. The van der Waals surface area contributed by atoms with Gasteiger partial charge in [-0.25, -0.2) is 0 Å². The van der Waals surface area contributed by atoms with E-state index in [1.54, 1.807) is 0 Å². The van der Waals surface area contributed by atoms with Crippen LogP contribution in [0.1, 0.15) is 26.2 Å². The summed E-state index contributed by atoms with van der Waals surface area (Å²) in [7, 11) is 0. The molecule has 0 aliphatic heterocycles. The van der Waals surface area contributed by atoms with Gasteiger partial charge in [0.25, 0.3) is 0 Å². The van der Waals surface area contributed by atoms with Crippen molar-refractivity contribution < 1.29 is 23.9 Å². The molecule has 6 nitrogen and oxygen atoms in total. The van der Waals surface area contributed by atoms with Crippen molar-refractivity contribution in [3.63, 3.8) is 0 Å². The van der Waals surface area contributed by atoms with Crippen molar-refractivity contribution in [2.45, 2.75) is 31.7 Å². The maximum atomic E-state index is 12.0. The van der Waals surface area contributed by atoms with Crippen molar-refractivity contribution in [2.75, 3.05) is 6.61 Å². The summed E-state index contributed by atoms with van der Waals surface area (Å²) in [6, 6.07) is 0. The highest BCUT2D eigenvalue weighted by atomic mass is 16.5. The van der Waals surface area contributed by atoms with Gasteiger partial charge in [0, 0.05) is 24.7 Å². The molecule has 2 N–H and O–H groups in total. The zero-order valence-corrected chi connectivity index (χ0v) is 11.0. The molecule has 0 saturated carbocycles. The molecule has 19 heavy (non-hydrogen) atoms. The third-order valence-electron chi connectivity index (χ3n) is 3.25. The predicted octanol–water partition coefficient (Wildman–Crippen LogP) is 0.186. The summed E-state index contributed by atoms with van der Waals surface area (Å²) in [4.78, 5) is 44.3. The van der Waals surface area contributed by atoms with Crippen LogP contribution < -0.4 is 5.73 Å². The van der Waals surface area contributed by atoms with Gasteiger partial charge in [0.2, 0.25) is 0 Å². The van der Waals surface area contributed by atoms with Gasteiger partial charge >= 0.3 is 5.97 Å². The lowest BCUT2D eigenvalue weighted by Crippen LogP contribution is -2.61. The van der Waals surface area contributed by atoms with E-state index in [4.69, 9.17) is 10.5 Å². The van der Waals surface area contributed by atoms with Gasteiger partial charge in [-0.15, -0.1) is 0 Å². The Morgan fingerprint density at radius 3 is 2.00 bits per heavy atom. The molecule has 0 radical (unpaired) electrons. The van der Waals surface area contributed by atoms with Gasteiger partial charge < -0.3 is 24.9 Å². The van der Waals surface area contributed by atoms with Crippen molar-refractivity contribution in [3.8, 4) is 0 Å². The Labute approximate surface area is 112 Å². The van der Waals surface area contributed by atoms with E-state index in [9.17, 15) is 19.2 Å². The first kappa shape index (κ1) is 17.2. The van der Waals surface area contributed by atoms with Crippen LogP contribution in [0, 0.1) is 5.41 Å². The van der Waals surface area contributed by atoms with Crippen molar-refractivity contribution in [1.82, 2.24) is 0 Å². The molecule has 0 aromatic carbocycles.